The highest BCUT2D eigenvalue weighted by atomic mass is 19.4. The Morgan fingerprint density at radius 3 is 2.23 bits per heavy atom. The molecule has 1 aromatic carbocycles. The zero-order chi connectivity index (χ0) is 10.1. The standard InChI is InChI=1S/C8H3F4O/c9-7-3-5(4-13)1-2-6(7)8(10,11)12/h1-3H. The molecule has 1 radical (unpaired) electrons. The normalized spacial score (nSPS) is 11.4. The largest absolute Gasteiger partial charge is 0.419 e. The number of hydrogen-bond acceptors (Lipinski definition) is 1. The van der Waals surface area contributed by atoms with Crippen molar-refractivity contribution in [2.24, 2.45) is 0 Å². The summed E-state index contributed by atoms with van der Waals surface area (Å²) in [5.41, 5.74) is -1.63. The van der Waals surface area contributed by atoms with Gasteiger partial charge in [0.1, 0.15) is 5.82 Å². The van der Waals surface area contributed by atoms with Gasteiger partial charge in [0.15, 0.2) is 0 Å². The Morgan fingerprint density at radius 1 is 1.23 bits per heavy atom. The highest BCUT2D eigenvalue weighted by molar-refractivity contribution is 5.75. The second-order valence-electron chi connectivity index (χ2n) is 2.29. The van der Waals surface area contributed by atoms with E-state index >= 15 is 0 Å². The van der Waals surface area contributed by atoms with Crippen molar-refractivity contribution in [1.29, 1.82) is 0 Å². The molecule has 0 saturated carbocycles. The predicted octanol–water partition coefficient (Wildman–Crippen LogP) is 2.30. The van der Waals surface area contributed by atoms with Gasteiger partial charge in [-0.2, -0.15) is 13.2 Å². The van der Waals surface area contributed by atoms with E-state index in [0.29, 0.717) is 12.1 Å². The molecule has 0 fully saturated rings. The molecule has 13 heavy (non-hydrogen) atoms. The van der Waals surface area contributed by atoms with Crippen molar-refractivity contribution in [1.82, 2.24) is 0 Å². The van der Waals surface area contributed by atoms with Crippen molar-refractivity contribution in [2.45, 2.75) is 6.18 Å². The summed E-state index contributed by atoms with van der Waals surface area (Å²) in [6.07, 6.45) is -3.44. The van der Waals surface area contributed by atoms with Crippen LogP contribution in [0.15, 0.2) is 18.2 Å². The molecule has 5 heteroatoms. The average Bonchev–Trinajstić information content (AvgIpc) is 2.01. The summed E-state index contributed by atoms with van der Waals surface area (Å²) in [5.74, 6) is -1.46. The second kappa shape index (κ2) is 3.16. The van der Waals surface area contributed by atoms with Crippen LogP contribution in [0, 0.1) is 5.82 Å². The van der Waals surface area contributed by atoms with Gasteiger partial charge >= 0.3 is 6.18 Å². The van der Waals surface area contributed by atoms with Gasteiger partial charge in [-0.1, -0.05) is 6.07 Å². The van der Waals surface area contributed by atoms with E-state index < -0.39 is 17.6 Å². The Hall–Kier alpha value is -1.39. The minimum absolute atomic E-state index is 0.245. The summed E-state index contributed by atoms with van der Waals surface area (Å²) < 4.78 is 48.5. The molecule has 0 aliphatic carbocycles. The fourth-order valence-corrected chi connectivity index (χ4v) is 0.808. The molecule has 0 aliphatic heterocycles. The van der Waals surface area contributed by atoms with Crippen LogP contribution in [0.25, 0.3) is 0 Å². The van der Waals surface area contributed by atoms with Crippen LogP contribution in [0.4, 0.5) is 17.6 Å². The first kappa shape index (κ1) is 9.70. The van der Waals surface area contributed by atoms with Crippen LogP contribution in [-0.2, 0) is 11.0 Å². The summed E-state index contributed by atoms with van der Waals surface area (Å²) in [4.78, 5) is 9.95. The topological polar surface area (TPSA) is 17.1 Å². The Balaban J connectivity index is 3.20. The van der Waals surface area contributed by atoms with E-state index in [1.54, 1.807) is 0 Å². The number of alkyl halides is 3. The predicted molar refractivity (Wildman–Crippen MR) is 36.2 cm³/mol. The minimum atomic E-state index is -4.73. The van der Waals surface area contributed by atoms with Crippen LogP contribution in [0.3, 0.4) is 0 Å². The molecule has 1 rings (SSSR count). The van der Waals surface area contributed by atoms with Crippen LogP contribution in [0.5, 0.6) is 0 Å². The van der Waals surface area contributed by atoms with Crippen molar-refractivity contribution in [3.8, 4) is 0 Å². The Bertz CT molecular complexity index is 329. The summed E-state index contributed by atoms with van der Waals surface area (Å²) in [5, 5.41) is 0. The molecule has 0 bridgehead atoms. The van der Waals surface area contributed by atoms with Crippen molar-refractivity contribution < 1.29 is 22.4 Å². The van der Waals surface area contributed by atoms with E-state index in [1.165, 1.54) is 6.29 Å². The molecule has 69 valence electrons. The van der Waals surface area contributed by atoms with Crippen LogP contribution in [0.1, 0.15) is 11.1 Å². The Labute approximate surface area is 71.0 Å². The quantitative estimate of drug-likeness (QED) is 0.622. The zero-order valence-corrected chi connectivity index (χ0v) is 6.15. The van der Waals surface area contributed by atoms with Gasteiger partial charge in [-0.15, -0.1) is 0 Å². The van der Waals surface area contributed by atoms with Gasteiger partial charge in [0.05, 0.1) is 5.56 Å². The fourth-order valence-electron chi connectivity index (χ4n) is 0.808. The molecule has 0 unspecified atom stereocenters. The zero-order valence-electron chi connectivity index (χ0n) is 6.15. The molecule has 0 aromatic heterocycles. The molecule has 0 spiro atoms. The highest BCUT2D eigenvalue weighted by Crippen LogP contribution is 2.31. The SMILES string of the molecule is O=[C]c1ccc(C(F)(F)F)c(F)c1. The number of hydrogen-bond donors (Lipinski definition) is 0. The van der Waals surface area contributed by atoms with E-state index in [4.69, 9.17) is 0 Å². The number of benzene rings is 1. The smallest absolute Gasteiger partial charge is 0.285 e. The van der Waals surface area contributed by atoms with Crippen LogP contribution in [0.2, 0.25) is 0 Å². The summed E-state index contributed by atoms with van der Waals surface area (Å²) in [6, 6.07) is 1.87. The summed E-state index contributed by atoms with van der Waals surface area (Å²) in [6.45, 7) is 0. The molecule has 0 aliphatic rings. The molecule has 0 amide bonds. The highest BCUT2D eigenvalue weighted by Gasteiger charge is 2.33. The maximum Gasteiger partial charge on any atom is 0.419 e. The Morgan fingerprint density at radius 2 is 1.85 bits per heavy atom. The van der Waals surface area contributed by atoms with E-state index in [9.17, 15) is 22.4 Å². The van der Waals surface area contributed by atoms with Crippen molar-refractivity contribution in [2.75, 3.05) is 0 Å². The molecule has 1 aromatic rings. The fraction of sp³-hybridized carbons (Fsp3) is 0.125. The van der Waals surface area contributed by atoms with Gasteiger partial charge in [0, 0.05) is 5.56 Å². The molecule has 0 atom stereocenters. The Kier molecular flexibility index (Phi) is 2.36. The lowest BCUT2D eigenvalue weighted by Gasteiger charge is -2.06. The molecule has 0 heterocycles. The summed E-state index contributed by atoms with van der Waals surface area (Å²) >= 11 is 0. The van der Waals surface area contributed by atoms with E-state index in [2.05, 4.69) is 0 Å². The van der Waals surface area contributed by atoms with Gasteiger partial charge in [0.2, 0.25) is 6.29 Å². The summed E-state index contributed by atoms with van der Waals surface area (Å²) in [7, 11) is 0. The van der Waals surface area contributed by atoms with Crippen molar-refractivity contribution in [3.05, 3.63) is 35.1 Å². The number of carbonyl (C=O) groups excluding carboxylic acids is 1. The van der Waals surface area contributed by atoms with Crippen LogP contribution in [-0.4, -0.2) is 6.29 Å². The molecule has 0 N–H and O–H groups in total. The number of rotatable bonds is 1. The van der Waals surface area contributed by atoms with Gasteiger partial charge in [-0.05, 0) is 12.1 Å². The van der Waals surface area contributed by atoms with Crippen LogP contribution >= 0.6 is 0 Å². The number of halogens is 4. The van der Waals surface area contributed by atoms with Gasteiger partial charge < -0.3 is 0 Å². The van der Waals surface area contributed by atoms with Gasteiger partial charge in [-0.3, -0.25) is 4.79 Å². The molecule has 1 nitrogen and oxygen atoms in total. The van der Waals surface area contributed by atoms with Crippen molar-refractivity contribution in [3.63, 3.8) is 0 Å². The maximum atomic E-state index is 12.6. The average molecular weight is 191 g/mol. The van der Waals surface area contributed by atoms with E-state index in [0.717, 1.165) is 6.07 Å². The minimum Gasteiger partial charge on any atom is -0.285 e. The third-order valence-corrected chi connectivity index (χ3v) is 1.39. The van der Waals surface area contributed by atoms with E-state index in [-0.39, 0.29) is 5.56 Å². The van der Waals surface area contributed by atoms with Gasteiger partial charge in [0.25, 0.3) is 0 Å². The maximum absolute atomic E-state index is 12.6. The first-order valence-corrected chi connectivity index (χ1v) is 3.20. The molecular weight excluding hydrogens is 188 g/mol. The molecular formula is C8H3F4O. The molecule has 0 saturated heterocycles. The third kappa shape index (κ3) is 2.05. The third-order valence-electron chi connectivity index (χ3n) is 1.39. The van der Waals surface area contributed by atoms with Crippen LogP contribution < -0.4 is 0 Å². The lowest BCUT2D eigenvalue weighted by Crippen LogP contribution is -2.08. The second-order valence-corrected chi connectivity index (χ2v) is 2.29. The lowest BCUT2D eigenvalue weighted by atomic mass is 10.1. The van der Waals surface area contributed by atoms with E-state index in [1.807, 2.05) is 0 Å². The first-order valence-electron chi connectivity index (χ1n) is 3.20. The van der Waals surface area contributed by atoms with Gasteiger partial charge in [-0.25, -0.2) is 4.39 Å². The van der Waals surface area contributed by atoms with Crippen molar-refractivity contribution >= 4 is 6.29 Å². The first-order chi connectivity index (χ1) is 5.95. The monoisotopic (exact) mass is 191 g/mol. The lowest BCUT2D eigenvalue weighted by molar-refractivity contribution is -0.140.